The first kappa shape index (κ1) is 21.0. The van der Waals surface area contributed by atoms with Crippen molar-refractivity contribution < 1.29 is 9.59 Å². The highest BCUT2D eigenvalue weighted by Crippen LogP contribution is 2.42. The molecule has 156 valence electrons. The van der Waals surface area contributed by atoms with Gasteiger partial charge in [-0.05, 0) is 59.3 Å². The summed E-state index contributed by atoms with van der Waals surface area (Å²) >= 11 is 1.36. The largest absolute Gasteiger partial charge is 0.341 e. The van der Waals surface area contributed by atoms with Crippen molar-refractivity contribution in [3.8, 4) is 0 Å². The van der Waals surface area contributed by atoms with E-state index in [1.807, 2.05) is 20.8 Å². The fourth-order valence-corrected chi connectivity index (χ4v) is 4.14. The number of hydrogen-bond donors (Lipinski definition) is 2. The van der Waals surface area contributed by atoms with Gasteiger partial charge in [-0.3, -0.25) is 14.7 Å². The van der Waals surface area contributed by atoms with Gasteiger partial charge < -0.3 is 10.2 Å². The number of rotatable bonds is 5. The summed E-state index contributed by atoms with van der Waals surface area (Å²) in [6.07, 6.45) is 4.58. The highest BCUT2D eigenvalue weighted by Gasteiger charge is 2.33. The summed E-state index contributed by atoms with van der Waals surface area (Å²) in [7, 11) is 0. The first-order chi connectivity index (χ1) is 13.1. The molecule has 3 amide bonds. The summed E-state index contributed by atoms with van der Waals surface area (Å²) in [5, 5.41) is 14.3. The van der Waals surface area contributed by atoms with Crippen LogP contribution in [0.5, 0.6) is 0 Å². The number of aromatic nitrogens is 3. The predicted molar refractivity (Wildman–Crippen MR) is 111 cm³/mol. The van der Waals surface area contributed by atoms with Gasteiger partial charge in [0.25, 0.3) is 0 Å². The lowest BCUT2D eigenvalue weighted by molar-refractivity contribution is -0.119. The van der Waals surface area contributed by atoms with Crippen molar-refractivity contribution in [1.82, 2.24) is 25.4 Å². The smallest absolute Gasteiger partial charge is 0.321 e. The first-order valence-electron chi connectivity index (χ1n) is 10.1. The van der Waals surface area contributed by atoms with E-state index in [9.17, 15) is 9.59 Å². The highest BCUT2D eigenvalue weighted by atomic mass is 32.2. The molecule has 2 heterocycles. The average Bonchev–Trinajstić information content (AvgIpc) is 3.34. The molecule has 8 nitrogen and oxygen atoms in total. The van der Waals surface area contributed by atoms with Crippen LogP contribution >= 0.6 is 11.8 Å². The van der Waals surface area contributed by atoms with Crippen molar-refractivity contribution in [2.75, 3.05) is 18.0 Å². The quantitative estimate of drug-likeness (QED) is 0.728. The molecule has 1 aliphatic carbocycles. The lowest BCUT2D eigenvalue weighted by Gasteiger charge is -2.31. The topological polar surface area (TPSA) is 92.2 Å². The maximum absolute atomic E-state index is 12.4. The summed E-state index contributed by atoms with van der Waals surface area (Å²) in [6.45, 7) is 11.7. The lowest BCUT2D eigenvalue weighted by atomic mass is 10.00. The molecule has 9 heteroatoms. The number of piperidine rings is 1. The standard InChI is InChI=1S/C19H32N6O2S/c1-12-8-10-24(11-9-12)17-22-23-18(25(17)14-6-7-14)28-13(2)15(26)20-16(27)21-19(3,4)5/h12-14H,6-11H2,1-5H3,(H2,20,21,26,27)/t13-/m1/s1. The number of carbonyl (C=O) groups is 2. The Bertz CT molecular complexity index is 716. The van der Waals surface area contributed by atoms with E-state index in [0.717, 1.165) is 43.0 Å². The third-order valence-corrected chi connectivity index (χ3v) is 6.06. The SMILES string of the molecule is CC1CCN(c2nnc(S[C@H](C)C(=O)NC(=O)NC(C)(C)C)n2C2CC2)CC1. The normalized spacial score (nSPS) is 19.4. The minimum absolute atomic E-state index is 0.328. The van der Waals surface area contributed by atoms with Crippen LogP contribution in [0.4, 0.5) is 10.7 Å². The Morgan fingerprint density at radius 3 is 2.36 bits per heavy atom. The van der Waals surface area contributed by atoms with E-state index in [2.05, 4.69) is 37.2 Å². The second-order valence-electron chi connectivity index (χ2n) is 9.01. The Kier molecular flexibility index (Phi) is 6.21. The molecule has 28 heavy (non-hydrogen) atoms. The zero-order valence-electron chi connectivity index (χ0n) is 17.5. The predicted octanol–water partition coefficient (Wildman–Crippen LogP) is 2.95. The maximum atomic E-state index is 12.4. The number of urea groups is 1. The van der Waals surface area contributed by atoms with Gasteiger partial charge >= 0.3 is 6.03 Å². The van der Waals surface area contributed by atoms with E-state index in [1.165, 1.54) is 24.6 Å². The van der Waals surface area contributed by atoms with Gasteiger partial charge in [0.15, 0.2) is 5.16 Å². The van der Waals surface area contributed by atoms with E-state index in [1.54, 1.807) is 6.92 Å². The lowest BCUT2D eigenvalue weighted by Crippen LogP contribution is -2.49. The maximum Gasteiger partial charge on any atom is 0.321 e. The van der Waals surface area contributed by atoms with Crippen LogP contribution < -0.4 is 15.5 Å². The van der Waals surface area contributed by atoms with Gasteiger partial charge in [0, 0.05) is 24.7 Å². The van der Waals surface area contributed by atoms with Gasteiger partial charge in [-0.1, -0.05) is 18.7 Å². The highest BCUT2D eigenvalue weighted by molar-refractivity contribution is 8.00. The second-order valence-corrected chi connectivity index (χ2v) is 10.3. The van der Waals surface area contributed by atoms with Gasteiger partial charge in [0.05, 0.1) is 5.25 Å². The zero-order chi connectivity index (χ0) is 20.5. The van der Waals surface area contributed by atoms with Crippen LogP contribution in [0.3, 0.4) is 0 Å². The van der Waals surface area contributed by atoms with Crippen LogP contribution in [-0.2, 0) is 4.79 Å². The van der Waals surface area contributed by atoms with Crippen LogP contribution in [0.1, 0.15) is 66.3 Å². The zero-order valence-corrected chi connectivity index (χ0v) is 18.3. The molecule has 2 fully saturated rings. The van der Waals surface area contributed by atoms with Crippen molar-refractivity contribution in [3.05, 3.63) is 0 Å². The number of hydrogen-bond acceptors (Lipinski definition) is 6. The summed E-state index contributed by atoms with van der Waals surface area (Å²) in [6, 6.07) is -0.0527. The summed E-state index contributed by atoms with van der Waals surface area (Å²) < 4.78 is 2.19. The number of nitrogens with zero attached hydrogens (tertiary/aromatic N) is 4. The molecule has 2 aliphatic rings. The molecule has 0 unspecified atom stereocenters. The van der Waals surface area contributed by atoms with E-state index in [-0.39, 0.29) is 5.91 Å². The van der Waals surface area contributed by atoms with Crippen LogP contribution in [0, 0.1) is 5.92 Å². The van der Waals surface area contributed by atoms with Gasteiger partial charge in [-0.2, -0.15) is 0 Å². The minimum Gasteiger partial charge on any atom is -0.341 e. The molecule has 0 bridgehead atoms. The third-order valence-electron chi connectivity index (χ3n) is 5.00. The molecule has 1 atom stereocenters. The molecule has 0 radical (unpaired) electrons. The van der Waals surface area contributed by atoms with Gasteiger partial charge in [-0.25, -0.2) is 4.79 Å². The van der Waals surface area contributed by atoms with Crippen molar-refractivity contribution in [1.29, 1.82) is 0 Å². The molecule has 2 N–H and O–H groups in total. The number of anilines is 1. The molecule has 1 aliphatic heterocycles. The number of imide groups is 1. The molecular weight excluding hydrogens is 376 g/mol. The summed E-state index contributed by atoms with van der Waals surface area (Å²) in [4.78, 5) is 26.7. The van der Waals surface area contributed by atoms with E-state index in [0.29, 0.717) is 6.04 Å². The van der Waals surface area contributed by atoms with Crippen LogP contribution in [-0.4, -0.2) is 50.6 Å². The third kappa shape index (κ3) is 5.40. The molecule has 1 aromatic heterocycles. The number of nitrogens with one attached hydrogen (secondary N) is 2. The molecule has 1 aromatic rings. The second kappa shape index (κ2) is 8.31. The molecule has 1 saturated carbocycles. The van der Waals surface area contributed by atoms with Crippen molar-refractivity contribution in [3.63, 3.8) is 0 Å². The van der Waals surface area contributed by atoms with Crippen molar-refractivity contribution in [2.24, 2.45) is 5.92 Å². The van der Waals surface area contributed by atoms with Crippen molar-refractivity contribution >= 4 is 29.6 Å². The van der Waals surface area contributed by atoms with Crippen LogP contribution in [0.15, 0.2) is 5.16 Å². The molecule has 3 rings (SSSR count). The van der Waals surface area contributed by atoms with E-state index < -0.39 is 16.8 Å². The molecule has 1 saturated heterocycles. The summed E-state index contributed by atoms with van der Waals surface area (Å²) in [5.41, 5.74) is -0.395. The van der Waals surface area contributed by atoms with Gasteiger partial charge in [0.1, 0.15) is 0 Å². The Labute approximate surface area is 171 Å². The summed E-state index contributed by atoms with van der Waals surface area (Å²) in [5.74, 6) is 1.35. The Morgan fingerprint density at radius 2 is 1.79 bits per heavy atom. The number of carbonyl (C=O) groups excluding carboxylic acids is 2. The Balaban J connectivity index is 1.65. The van der Waals surface area contributed by atoms with E-state index >= 15 is 0 Å². The number of thioether (sulfide) groups is 1. The molecule has 0 spiro atoms. The minimum atomic E-state index is -0.475. The van der Waals surface area contributed by atoms with Crippen molar-refractivity contribution in [2.45, 2.75) is 82.3 Å². The monoisotopic (exact) mass is 408 g/mol. The average molecular weight is 409 g/mol. The van der Waals surface area contributed by atoms with Crippen LogP contribution in [0.2, 0.25) is 0 Å². The van der Waals surface area contributed by atoms with E-state index in [4.69, 9.17) is 0 Å². The Hall–Kier alpha value is -1.77. The fraction of sp³-hybridized carbons (Fsp3) is 0.789. The molecule has 0 aromatic carbocycles. The fourth-order valence-electron chi connectivity index (χ4n) is 3.22. The first-order valence-corrected chi connectivity index (χ1v) is 11.0. The Morgan fingerprint density at radius 1 is 1.14 bits per heavy atom. The number of amides is 3. The van der Waals surface area contributed by atoms with Gasteiger partial charge in [-0.15, -0.1) is 10.2 Å². The van der Waals surface area contributed by atoms with Gasteiger partial charge in [0.2, 0.25) is 11.9 Å². The van der Waals surface area contributed by atoms with Crippen LogP contribution in [0.25, 0.3) is 0 Å². The molecular formula is C19H32N6O2S.